The van der Waals surface area contributed by atoms with E-state index in [-0.39, 0.29) is 4.83 Å². The molecular formula is C15H13Br3O. The van der Waals surface area contributed by atoms with Crippen LogP contribution in [0, 0.1) is 0 Å². The van der Waals surface area contributed by atoms with Gasteiger partial charge in [0, 0.05) is 13.8 Å². The first kappa shape index (κ1) is 15.1. The summed E-state index contributed by atoms with van der Waals surface area (Å²) in [6.45, 7) is 0. The smallest absolute Gasteiger partial charge is 0.118 e. The van der Waals surface area contributed by atoms with Gasteiger partial charge in [0.15, 0.2) is 0 Å². The zero-order chi connectivity index (χ0) is 13.8. The second-order valence-corrected chi connectivity index (χ2v) is 7.16. The Morgan fingerprint density at radius 1 is 1.00 bits per heavy atom. The van der Waals surface area contributed by atoms with Gasteiger partial charge in [0.2, 0.25) is 0 Å². The fourth-order valence-electron chi connectivity index (χ4n) is 1.84. The van der Waals surface area contributed by atoms with Crippen molar-refractivity contribution in [1.29, 1.82) is 0 Å². The largest absolute Gasteiger partial charge is 0.497 e. The van der Waals surface area contributed by atoms with E-state index in [4.69, 9.17) is 4.74 Å². The third kappa shape index (κ3) is 4.33. The van der Waals surface area contributed by atoms with Gasteiger partial charge in [0.05, 0.1) is 7.11 Å². The molecule has 0 amide bonds. The molecule has 0 saturated heterocycles. The molecular weight excluding hydrogens is 436 g/mol. The summed E-state index contributed by atoms with van der Waals surface area (Å²) in [5, 5.41) is 0. The van der Waals surface area contributed by atoms with Crippen molar-refractivity contribution >= 4 is 47.8 Å². The van der Waals surface area contributed by atoms with Crippen molar-refractivity contribution in [3.05, 3.63) is 62.5 Å². The fourth-order valence-corrected chi connectivity index (χ4v) is 3.81. The lowest BCUT2D eigenvalue weighted by Gasteiger charge is -2.12. The van der Waals surface area contributed by atoms with Crippen LogP contribution in [0.25, 0.3) is 0 Å². The molecule has 0 N–H and O–H groups in total. The molecule has 2 aromatic carbocycles. The van der Waals surface area contributed by atoms with Gasteiger partial charge in [-0.2, -0.15) is 0 Å². The monoisotopic (exact) mass is 446 g/mol. The Morgan fingerprint density at radius 3 is 2.11 bits per heavy atom. The molecule has 0 bridgehead atoms. The Labute approximate surface area is 138 Å². The highest BCUT2D eigenvalue weighted by atomic mass is 79.9. The van der Waals surface area contributed by atoms with E-state index in [2.05, 4.69) is 72.1 Å². The zero-order valence-corrected chi connectivity index (χ0v) is 15.1. The molecule has 0 fully saturated rings. The maximum atomic E-state index is 5.17. The van der Waals surface area contributed by atoms with Gasteiger partial charge in [-0.25, -0.2) is 0 Å². The third-order valence-electron chi connectivity index (χ3n) is 2.82. The highest BCUT2D eigenvalue weighted by Crippen LogP contribution is 2.31. The second-order valence-electron chi connectivity index (χ2n) is 4.22. The number of methoxy groups -OCH3 is 1. The SMILES string of the molecule is COc1ccc(CC(Br)c2cc(Br)cc(Br)c2)cc1. The summed E-state index contributed by atoms with van der Waals surface area (Å²) < 4.78 is 7.33. The molecule has 2 aromatic rings. The van der Waals surface area contributed by atoms with Crippen LogP contribution in [0.1, 0.15) is 16.0 Å². The average Bonchev–Trinajstić information content (AvgIpc) is 2.38. The fraction of sp³-hybridized carbons (Fsp3) is 0.200. The lowest BCUT2D eigenvalue weighted by Crippen LogP contribution is -1.96. The van der Waals surface area contributed by atoms with Crippen LogP contribution in [0.5, 0.6) is 5.75 Å². The summed E-state index contributed by atoms with van der Waals surface area (Å²) in [7, 11) is 1.68. The van der Waals surface area contributed by atoms with Crippen molar-refractivity contribution in [1.82, 2.24) is 0 Å². The number of halogens is 3. The molecule has 1 nitrogen and oxygen atoms in total. The van der Waals surface area contributed by atoms with E-state index in [0.717, 1.165) is 21.1 Å². The summed E-state index contributed by atoms with van der Waals surface area (Å²) in [5.74, 6) is 0.889. The predicted octanol–water partition coefficient (Wildman–Crippen LogP) is 5.90. The standard InChI is InChI=1S/C15H13Br3O/c1-19-14-4-2-10(3-5-14)6-15(18)11-7-12(16)9-13(17)8-11/h2-5,7-9,15H,6H2,1H3. The Bertz CT molecular complexity index is 532. The minimum atomic E-state index is 0.287. The Balaban J connectivity index is 2.13. The second kappa shape index (κ2) is 6.91. The highest BCUT2D eigenvalue weighted by Gasteiger charge is 2.10. The van der Waals surface area contributed by atoms with Crippen molar-refractivity contribution in [3.63, 3.8) is 0 Å². The van der Waals surface area contributed by atoms with E-state index < -0.39 is 0 Å². The maximum absolute atomic E-state index is 5.17. The van der Waals surface area contributed by atoms with Gasteiger partial charge in [0.1, 0.15) is 5.75 Å². The molecule has 1 unspecified atom stereocenters. The van der Waals surface area contributed by atoms with Crippen molar-refractivity contribution < 1.29 is 4.74 Å². The van der Waals surface area contributed by atoms with Crippen molar-refractivity contribution in [2.45, 2.75) is 11.2 Å². The van der Waals surface area contributed by atoms with Crippen molar-refractivity contribution in [2.24, 2.45) is 0 Å². The van der Waals surface area contributed by atoms with E-state index >= 15 is 0 Å². The summed E-state index contributed by atoms with van der Waals surface area (Å²) >= 11 is 10.8. The van der Waals surface area contributed by atoms with Crippen LogP contribution >= 0.6 is 47.8 Å². The topological polar surface area (TPSA) is 9.23 Å². The normalized spacial score (nSPS) is 12.2. The minimum Gasteiger partial charge on any atom is -0.497 e. The van der Waals surface area contributed by atoms with Gasteiger partial charge in [-0.15, -0.1) is 0 Å². The van der Waals surface area contributed by atoms with Gasteiger partial charge >= 0.3 is 0 Å². The number of benzene rings is 2. The molecule has 0 aliphatic carbocycles. The Morgan fingerprint density at radius 2 is 1.58 bits per heavy atom. The van der Waals surface area contributed by atoms with E-state index in [9.17, 15) is 0 Å². The Kier molecular flexibility index (Phi) is 5.48. The number of hydrogen-bond acceptors (Lipinski definition) is 1. The van der Waals surface area contributed by atoms with Gasteiger partial charge in [0.25, 0.3) is 0 Å². The Hall–Kier alpha value is -0.320. The average molecular weight is 449 g/mol. The summed E-state index contributed by atoms with van der Waals surface area (Å²) in [6, 6.07) is 14.5. The molecule has 100 valence electrons. The van der Waals surface area contributed by atoms with E-state index in [0.29, 0.717) is 0 Å². The maximum Gasteiger partial charge on any atom is 0.118 e. The van der Waals surface area contributed by atoms with E-state index in [1.54, 1.807) is 7.11 Å². The van der Waals surface area contributed by atoms with Crippen LogP contribution in [0.3, 0.4) is 0 Å². The summed E-state index contributed by atoms with van der Waals surface area (Å²) in [4.78, 5) is 0.287. The van der Waals surface area contributed by atoms with Gasteiger partial charge < -0.3 is 4.74 Å². The number of hydrogen-bond donors (Lipinski definition) is 0. The molecule has 0 spiro atoms. The molecule has 1 atom stereocenters. The molecule has 0 heterocycles. The molecule has 2 rings (SSSR count). The number of ether oxygens (including phenoxy) is 1. The molecule has 0 saturated carbocycles. The van der Waals surface area contributed by atoms with Crippen LogP contribution in [-0.4, -0.2) is 7.11 Å². The van der Waals surface area contributed by atoms with Crippen LogP contribution < -0.4 is 4.74 Å². The van der Waals surface area contributed by atoms with Crippen LogP contribution in [0.15, 0.2) is 51.4 Å². The lowest BCUT2D eigenvalue weighted by molar-refractivity contribution is 0.414. The lowest BCUT2D eigenvalue weighted by atomic mass is 10.0. The molecule has 19 heavy (non-hydrogen) atoms. The summed E-state index contributed by atoms with van der Waals surface area (Å²) in [5.41, 5.74) is 2.52. The van der Waals surface area contributed by atoms with Crippen molar-refractivity contribution in [3.8, 4) is 5.75 Å². The summed E-state index contributed by atoms with van der Waals surface area (Å²) in [6.07, 6.45) is 0.937. The molecule has 0 aliphatic heterocycles. The molecule has 0 aromatic heterocycles. The molecule has 4 heteroatoms. The minimum absolute atomic E-state index is 0.287. The van der Waals surface area contributed by atoms with Crippen LogP contribution in [-0.2, 0) is 6.42 Å². The van der Waals surface area contributed by atoms with Crippen LogP contribution in [0.4, 0.5) is 0 Å². The predicted molar refractivity (Wildman–Crippen MR) is 90.2 cm³/mol. The third-order valence-corrected chi connectivity index (χ3v) is 4.59. The van der Waals surface area contributed by atoms with E-state index in [1.165, 1.54) is 11.1 Å². The zero-order valence-electron chi connectivity index (χ0n) is 10.4. The first-order chi connectivity index (χ1) is 9.08. The first-order valence-electron chi connectivity index (χ1n) is 5.81. The number of alkyl halides is 1. The number of rotatable bonds is 4. The first-order valence-corrected chi connectivity index (χ1v) is 8.31. The van der Waals surface area contributed by atoms with Gasteiger partial charge in [-0.05, 0) is 47.9 Å². The van der Waals surface area contributed by atoms with Crippen molar-refractivity contribution in [2.75, 3.05) is 7.11 Å². The molecule has 0 radical (unpaired) electrons. The quantitative estimate of drug-likeness (QED) is 0.529. The van der Waals surface area contributed by atoms with Gasteiger partial charge in [-0.1, -0.05) is 59.9 Å². The van der Waals surface area contributed by atoms with E-state index in [1.807, 2.05) is 18.2 Å². The van der Waals surface area contributed by atoms with Crippen LogP contribution in [0.2, 0.25) is 0 Å². The van der Waals surface area contributed by atoms with Gasteiger partial charge in [-0.3, -0.25) is 0 Å². The highest BCUT2D eigenvalue weighted by molar-refractivity contribution is 9.11. The molecule has 0 aliphatic rings.